The van der Waals surface area contributed by atoms with E-state index in [-0.39, 0.29) is 5.82 Å². The van der Waals surface area contributed by atoms with Crippen LogP contribution in [0.2, 0.25) is 0 Å². The number of halogens is 1. The Balaban J connectivity index is 2.37. The van der Waals surface area contributed by atoms with Gasteiger partial charge in [-0.15, -0.1) is 0 Å². The Hall–Kier alpha value is -2.07. The molecule has 2 rings (SSSR count). The van der Waals surface area contributed by atoms with Crippen molar-refractivity contribution >= 4 is 0 Å². The zero-order valence-electron chi connectivity index (χ0n) is 11.7. The fraction of sp³-hybridized carbons (Fsp3) is 0.250. The Kier molecular flexibility index (Phi) is 4.25. The van der Waals surface area contributed by atoms with Gasteiger partial charge in [0.05, 0.1) is 14.2 Å². The van der Waals surface area contributed by atoms with Crippen molar-refractivity contribution in [3.63, 3.8) is 0 Å². The van der Waals surface area contributed by atoms with Crippen molar-refractivity contribution in [1.29, 1.82) is 0 Å². The number of methoxy groups -OCH3 is 2. The van der Waals surface area contributed by atoms with Crippen molar-refractivity contribution in [3.05, 3.63) is 58.9 Å². The van der Waals surface area contributed by atoms with Crippen LogP contribution in [0, 0.1) is 12.7 Å². The van der Waals surface area contributed by atoms with Crippen LogP contribution in [-0.2, 0) is 0 Å². The predicted molar refractivity (Wildman–Crippen MR) is 74.7 cm³/mol. The standard InChI is InChI=1S/C16H17FO3/c1-10-8-11(4-6-13(10)17)16(18)12-5-7-14(19-2)15(9-12)20-3/h4-9,16,18H,1-3H3. The van der Waals surface area contributed by atoms with Crippen LogP contribution in [0.1, 0.15) is 22.8 Å². The van der Waals surface area contributed by atoms with Crippen molar-refractivity contribution < 1.29 is 19.0 Å². The van der Waals surface area contributed by atoms with Crippen LogP contribution in [0.5, 0.6) is 11.5 Å². The third-order valence-electron chi connectivity index (χ3n) is 3.22. The summed E-state index contributed by atoms with van der Waals surface area (Å²) in [5, 5.41) is 10.4. The maximum Gasteiger partial charge on any atom is 0.161 e. The molecular formula is C16H17FO3. The quantitative estimate of drug-likeness (QED) is 0.931. The van der Waals surface area contributed by atoms with E-state index >= 15 is 0 Å². The number of hydrogen-bond acceptors (Lipinski definition) is 3. The molecular weight excluding hydrogens is 259 g/mol. The van der Waals surface area contributed by atoms with Gasteiger partial charge < -0.3 is 14.6 Å². The molecule has 1 atom stereocenters. The zero-order chi connectivity index (χ0) is 14.7. The fourth-order valence-corrected chi connectivity index (χ4v) is 2.05. The third-order valence-corrected chi connectivity index (χ3v) is 3.22. The first kappa shape index (κ1) is 14.3. The van der Waals surface area contributed by atoms with Crippen LogP contribution in [0.3, 0.4) is 0 Å². The van der Waals surface area contributed by atoms with Gasteiger partial charge in [0.15, 0.2) is 11.5 Å². The minimum absolute atomic E-state index is 0.284. The van der Waals surface area contributed by atoms with E-state index in [9.17, 15) is 9.50 Å². The first-order chi connectivity index (χ1) is 9.56. The third kappa shape index (κ3) is 2.75. The molecule has 106 valence electrons. The first-order valence-electron chi connectivity index (χ1n) is 6.23. The highest BCUT2D eigenvalue weighted by Crippen LogP contribution is 2.32. The summed E-state index contributed by atoms with van der Waals surface area (Å²) in [5.74, 6) is 0.856. The molecule has 2 aromatic rings. The summed E-state index contributed by atoms with van der Waals surface area (Å²) in [5.41, 5.74) is 1.80. The van der Waals surface area contributed by atoms with Crippen molar-refractivity contribution in [3.8, 4) is 11.5 Å². The van der Waals surface area contributed by atoms with Gasteiger partial charge in [0.1, 0.15) is 11.9 Å². The molecule has 1 unspecified atom stereocenters. The largest absolute Gasteiger partial charge is 0.493 e. The van der Waals surface area contributed by atoms with Gasteiger partial charge in [0.25, 0.3) is 0 Å². The molecule has 0 spiro atoms. The molecule has 0 heterocycles. The minimum atomic E-state index is -0.839. The summed E-state index contributed by atoms with van der Waals surface area (Å²) >= 11 is 0. The molecule has 1 N–H and O–H groups in total. The van der Waals surface area contributed by atoms with Gasteiger partial charge >= 0.3 is 0 Å². The van der Waals surface area contributed by atoms with Crippen molar-refractivity contribution in [2.75, 3.05) is 14.2 Å². The number of rotatable bonds is 4. The summed E-state index contributed by atoms with van der Waals surface area (Å²) in [4.78, 5) is 0. The van der Waals surface area contributed by atoms with E-state index in [1.165, 1.54) is 13.2 Å². The first-order valence-corrected chi connectivity index (χ1v) is 6.23. The Morgan fingerprint density at radius 2 is 1.55 bits per heavy atom. The van der Waals surface area contributed by atoms with E-state index in [0.717, 1.165) is 0 Å². The van der Waals surface area contributed by atoms with Crippen LogP contribution in [0.4, 0.5) is 4.39 Å². The van der Waals surface area contributed by atoms with Crippen LogP contribution >= 0.6 is 0 Å². The number of hydrogen-bond donors (Lipinski definition) is 1. The normalized spacial score (nSPS) is 12.1. The molecule has 0 aromatic heterocycles. The topological polar surface area (TPSA) is 38.7 Å². The number of aryl methyl sites for hydroxylation is 1. The molecule has 0 radical (unpaired) electrons. The highest BCUT2D eigenvalue weighted by atomic mass is 19.1. The fourth-order valence-electron chi connectivity index (χ4n) is 2.05. The van der Waals surface area contributed by atoms with Gasteiger partial charge in [-0.05, 0) is 41.8 Å². The number of aliphatic hydroxyl groups excluding tert-OH is 1. The van der Waals surface area contributed by atoms with Crippen molar-refractivity contribution in [1.82, 2.24) is 0 Å². The van der Waals surface area contributed by atoms with E-state index in [1.807, 2.05) is 0 Å². The second-order valence-corrected chi connectivity index (χ2v) is 4.53. The van der Waals surface area contributed by atoms with Crippen LogP contribution in [-0.4, -0.2) is 19.3 Å². The van der Waals surface area contributed by atoms with Crippen LogP contribution < -0.4 is 9.47 Å². The lowest BCUT2D eigenvalue weighted by Crippen LogP contribution is -2.02. The molecule has 0 bridgehead atoms. The van der Waals surface area contributed by atoms with Crippen LogP contribution in [0.15, 0.2) is 36.4 Å². The van der Waals surface area contributed by atoms with Gasteiger partial charge in [-0.25, -0.2) is 4.39 Å². The summed E-state index contributed by atoms with van der Waals surface area (Å²) in [6, 6.07) is 9.76. The van der Waals surface area contributed by atoms with E-state index in [0.29, 0.717) is 28.2 Å². The predicted octanol–water partition coefficient (Wildman–Crippen LogP) is 3.23. The minimum Gasteiger partial charge on any atom is -0.493 e. The van der Waals surface area contributed by atoms with Gasteiger partial charge in [0.2, 0.25) is 0 Å². The summed E-state index contributed by atoms with van der Waals surface area (Å²) in [6.07, 6.45) is -0.839. The second kappa shape index (κ2) is 5.92. The highest BCUT2D eigenvalue weighted by molar-refractivity contribution is 5.45. The molecule has 0 saturated heterocycles. The molecule has 0 aliphatic rings. The molecule has 0 fully saturated rings. The summed E-state index contributed by atoms with van der Waals surface area (Å²) in [7, 11) is 3.09. The van der Waals surface area contributed by atoms with Gasteiger partial charge in [-0.3, -0.25) is 0 Å². The van der Waals surface area contributed by atoms with Gasteiger partial charge in [-0.1, -0.05) is 18.2 Å². The zero-order valence-corrected chi connectivity index (χ0v) is 11.7. The molecule has 0 saturated carbocycles. The highest BCUT2D eigenvalue weighted by Gasteiger charge is 2.14. The van der Waals surface area contributed by atoms with E-state index < -0.39 is 6.10 Å². The molecule has 20 heavy (non-hydrogen) atoms. The number of aliphatic hydroxyl groups is 1. The molecule has 4 heteroatoms. The van der Waals surface area contributed by atoms with Gasteiger partial charge in [-0.2, -0.15) is 0 Å². The van der Waals surface area contributed by atoms with Crippen LogP contribution in [0.25, 0.3) is 0 Å². The second-order valence-electron chi connectivity index (χ2n) is 4.53. The number of ether oxygens (including phenoxy) is 2. The molecule has 2 aromatic carbocycles. The maximum absolute atomic E-state index is 13.3. The van der Waals surface area contributed by atoms with E-state index in [2.05, 4.69) is 0 Å². The number of benzene rings is 2. The average molecular weight is 276 g/mol. The lowest BCUT2D eigenvalue weighted by molar-refractivity contribution is 0.219. The lowest BCUT2D eigenvalue weighted by atomic mass is 9.99. The Morgan fingerprint density at radius 1 is 0.950 bits per heavy atom. The average Bonchev–Trinajstić information content (AvgIpc) is 2.48. The molecule has 0 aliphatic heterocycles. The van der Waals surface area contributed by atoms with Crippen molar-refractivity contribution in [2.45, 2.75) is 13.0 Å². The Bertz CT molecular complexity index is 611. The molecule has 0 aliphatic carbocycles. The van der Waals surface area contributed by atoms with Crippen molar-refractivity contribution in [2.24, 2.45) is 0 Å². The summed E-state index contributed by atoms with van der Waals surface area (Å²) < 4.78 is 23.6. The van der Waals surface area contributed by atoms with E-state index in [1.54, 1.807) is 44.4 Å². The van der Waals surface area contributed by atoms with E-state index in [4.69, 9.17) is 9.47 Å². The van der Waals surface area contributed by atoms with Gasteiger partial charge in [0, 0.05) is 0 Å². The molecule has 3 nitrogen and oxygen atoms in total. The maximum atomic E-state index is 13.3. The Morgan fingerprint density at radius 3 is 2.15 bits per heavy atom. The Labute approximate surface area is 117 Å². The molecule has 0 amide bonds. The smallest absolute Gasteiger partial charge is 0.161 e. The SMILES string of the molecule is COc1ccc(C(O)c2ccc(F)c(C)c2)cc1OC. The lowest BCUT2D eigenvalue weighted by Gasteiger charge is -2.15. The monoisotopic (exact) mass is 276 g/mol. The summed E-state index contributed by atoms with van der Waals surface area (Å²) in [6.45, 7) is 1.67.